The van der Waals surface area contributed by atoms with Gasteiger partial charge in [0, 0.05) is 18.5 Å². The Morgan fingerprint density at radius 2 is 1.71 bits per heavy atom. The second-order valence-corrected chi connectivity index (χ2v) is 7.26. The fraction of sp³-hybridized carbons (Fsp3) is 0.435. The molecule has 0 saturated carbocycles. The topological polar surface area (TPSA) is 61.8 Å². The molecule has 0 saturated heterocycles. The monoisotopic (exact) mass is 384 g/mol. The maximum atomic E-state index is 12.9. The zero-order chi connectivity index (χ0) is 20.2. The third-order valence-electron chi connectivity index (χ3n) is 4.44. The van der Waals surface area contributed by atoms with Gasteiger partial charge in [-0.15, -0.1) is 0 Å². The van der Waals surface area contributed by atoms with Crippen LogP contribution in [0.3, 0.4) is 0 Å². The summed E-state index contributed by atoms with van der Waals surface area (Å²) in [7, 11) is 4.08. The van der Waals surface area contributed by atoms with Crippen molar-refractivity contribution in [2.24, 2.45) is 0 Å². The van der Waals surface area contributed by atoms with E-state index in [1.165, 1.54) is 0 Å². The van der Waals surface area contributed by atoms with Gasteiger partial charge in [-0.25, -0.2) is 0 Å². The molecule has 0 bridgehead atoms. The summed E-state index contributed by atoms with van der Waals surface area (Å²) in [6.45, 7) is 2.41. The van der Waals surface area contributed by atoms with Crippen molar-refractivity contribution in [3.05, 3.63) is 71.8 Å². The van der Waals surface area contributed by atoms with E-state index in [4.69, 9.17) is 4.74 Å². The van der Waals surface area contributed by atoms with Gasteiger partial charge in [0.2, 0.25) is 0 Å². The number of Topliss-reactive ketones (excluding diaryl/α,β-unsaturated/α-hetero) is 1. The summed E-state index contributed by atoms with van der Waals surface area (Å²) >= 11 is 0. The van der Waals surface area contributed by atoms with Gasteiger partial charge in [-0.05, 0) is 39.2 Å². The summed E-state index contributed by atoms with van der Waals surface area (Å²) in [6, 6.07) is 19.0. The lowest BCUT2D eigenvalue weighted by Crippen LogP contribution is -2.35. The van der Waals surface area contributed by atoms with Crippen LogP contribution < -0.4 is 5.32 Å². The quantitative estimate of drug-likeness (QED) is 0.410. The predicted octanol–water partition coefficient (Wildman–Crippen LogP) is 2.40. The average molecular weight is 385 g/mol. The lowest BCUT2D eigenvalue weighted by molar-refractivity contribution is -0.00166. The summed E-state index contributed by atoms with van der Waals surface area (Å²) in [5, 5.41) is 13.4. The lowest BCUT2D eigenvalue weighted by Gasteiger charge is -2.20. The number of nitrogens with one attached hydrogen (secondary N) is 1. The highest BCUT2D eigenvalue weighted by Crippen LogP contribution is 2.13. The van der Waals surface area contributed by atoms with Crippen LogP contribution in [0.2, 0.25) is 0 Å². The van der Waals surface area contributed by atoms with E-state index in [0.717, 1.165) is 25.1 Å². The summed E-state index contributed by atoms with van der Waals surface area (Å²) in [6.07, 6.45) is 0.232. The fourth-order valence-electron chi connectivity index (χ4n) is 2.92. The summed E-state index contributed by atoms with van der Waals surface area (Å²) in [5.74, 6) is -0.0596. The Kier molecular flexibility index (Phi) is 9.86. The highest BCUT2D eigenvalue weighted by atomic mass is 16.5. The molecule has 5 nitrogen and oxygen atoms in total. The second-order valence-electron chi connectivity index (χ2n) is 7.26. The van der Waals surface area contributed by atoms with Crippen LogP contribution in [0.15, 0.2) is 60.7 Å². The van der Waals surface area contributed by atoms with Crippen molar-refractivity contribution >= 4 is 5.78 Å². The fourth-order valence-corrected chi connectivity index (χ4v) is 2.92. The molecule has 0 fully saturated rings. The van der Waals surface area contributed by atoms with Gasteiger partial charge in [0.15, 0.2) is 5.78 Å². The van der Waals surface area contributed by atoms with Crippen LogP contribution in [-0.4, -0.2) is 68.3 Å². The molecule has 0 spiro atoms. The Morgan fingerprint density at radius 3 is 2.36 bits per heavy atom. The molecule has 152 valence electrons. The Balaban J connectivity index is 1.87. The van der Waals surface area contributed by atoms with Gasteiger partial charge in [-0.1, -0.05) is 60.7 Å². The number of ketones is 1. The Labute approximate surface area is 168 Å². The van der Waals surface area contributed by atoms with Crippen LogP contribution in [0.5, 0.6) is 0 Å². The molecular weight excluding hydrogens is 352 g/mol. The van der Waals surface area contributed by atoms with Gasteiger partial charge in [0.1, 0.15) is 6.10 Å². The predicted molar refractivity (Wildman–Crippen MR) is 113 cm³/mol. The Hall–Kier alpha value is -2.05. The van der Waals surface area contributed by atoms with Crippen LogP contribution in [0.1, 0.15) is 22.3 Å². The SMILES string of the molecule is CN(C)CCCNCC(O)COC(Cc1ccccc1)C(=O)c1ccccc1. The number of hydrogen-bond donors (Lipinski definition) is 2. The molecule has 0 radical (unpaired) electrons. The highest BCUT2D eigenvalue weighted by Gasteiger charge is 2.22. The number of aliphatic hydroxyl groups excluding tert-OH is 1. The molecule has 28 heavy (non-hydrogen) atoms. The highest BCUT2D eigenvalue weighted by molar-refractivity contribution is 5.99. The molecule has 2 rings (SSSR count). The largest absolute Gasteiger partial charge is 0.389 e. The van der Waals surface area contributed by atoms with Gasteiger partial charge < -0.3 is 20.1 Å². The molecule has 5 heteroatoms. The number of carbonyl (C=O) groups excluding carboxylic acids is 1. The summed E-state index contributed by atoms with van der Waals surface area (Å²) in [5.41, 5.74) is 1.66. The van der Waals surface area contributed by atoms with Crippen molar-refractivity contribution in [2.45, 2.75) is 25.0 Å². The van der Waals surface area contributed by atoms with Crippen LogP contribution in [0, 0.1) is 0 Å². The molecule has 0 aliphatic rings. The lowest BCUT2D eigenvalue weighted by atomic mass is 10.00. The van der Waals surface area contributed by atoms with E-state index >= 15 is 0 Å². The van der Waals surface area contributed by atoms with Crippen LogP contribution in [0.4, 0.5) is 0 Å². The van der Waals surface area contributed by atoms with Crippen molar-refractivity contribution < 1.29 is 14.6 Å². The van der Waals surface area contributed by atoms with Crippen molar-refractivity contribution in [3.8, 4) is 0 Å². The maximum Gasteiger partial charge on any atom is 0.191 e. The minimum atomic E-state index is -0.652. The number of rotatable bonds is 13. The first-order chi connectivity index (χ1) is 13.6. The molecule has 0 aliphatic heterocycles. The van der Waals surface area contributed by atoms with Crippen molar-refractivity contribution in [3.63, 3.8) is 0 Å². The smallest absolute Gasteiger partial charge is 0.191 e. The van der Waals surface area contributed by atoms with Crippen LogP contribution >= 0.6 is 0 Å². The third-order valence-corrected chi connectivity index (χ3v) is 4.44. The maximum absolute atomic E-state index is 12.9. The van der Waals surface area contributed by atoms with E-state index < -0.39 is 12.2 Å². The van der Waals surface area contributed by atoms with E-state index in [9.17, 15) is 9.90 Å². The van der Waals surface area contributed by atoms with Crippen LogP contribution in [-0.2, 0) is 11.2 Å². The number of nitrogens with zero attached hydrogens (tertiary/aromatic N) is 1. The Bertz CT molecular complexity index is 677. The summed E-state index contributed by atoms with van der Waals surface area (Å²) < 4.78 is 5.87. The molecule has 0 heterocycles. The molecule has 0 aromatic heterocycles. The molecular formula is C23H32N2O3. The number of hydrogen-bond acceptors (Lipinski definition) is 5. The number of benzene rings is 2. The van der Waals surface area contributed by atoms with E-state index in [2.05, 4.69) is 10.2 Å². The minimum Gasteiger partial charge on any atom is -0.389 e. The molecule has 2 atom stereocenters. The molecule has 2 unspecified atom stereocenters. The van der Waals surface area contributed by atoms with E-state index in [1.54, 1.807) is 12.1 Å². The zero-order valence-corrected chi connectivity index (χ0v) is 16.9. The molecule has 0 amide bonds. The van der Waals surface area contributed by atoms with Gasteiger partial charge in [-0.2, -0.15) is 0 Å². The molecule has 2 aromatic rings. The average Bonchev–Trinajstić information content (AvgIpc) is 2.71. The zero-order valence-electron chi connectivity index (χ0n) is 16.9. The minimum absolute atomic E-state index is 0.0596. The van der Waals surface area contributed by atoms with E-state index in [0.29, 0.717) is 18.5 Å². The normalized spacial score (nSPS) is 13.4. The van der Waals surface area contributed by atoms with Gasteiger partial charge in [-0.3, -0.25) is 4.79 Å². The van der Waals surface area contributed by atoms with Crippen LogP contribution in [0.25, 0.3) is 0 Å². The second kappa shape index (κ2) is 12.4. The molecule has 0 aliphatic carbocycles. The van der Waals surface area contributed by atoms with Gasteiger partial charge in [0.05, 0.1) is 12.7 Å². The standard InChI is InChI=1S/C23H32N2O3/c1-25(2)15-9-14-24-17-21(26)18-28-22(16-19-10-5-3-6-11-19)23(27)20-12-7-4-8-13-20/h3-8,10-13,21-22,24,26H,9,14-18H2,1-2H3. The van der Waals surface area contributed by atoms with Gasteiger partial charge >= 0.3 is 0 Å². The van der Waals surface area contributed by atoms with Crippen molar-refractivity contribution in [2.75, 3.05) is 40.3 Å². The van der Waals surface area contributed by atoms with Crippen molar-refractivity contribution in [1.82, 2.24) is 10.2 Å². The molecule has 2 aromatic carbocycles. The van der Waals surface area contributed by atoms with E-state index in [-0.39, 0.29) is 12.4 Å². The summed E-state index contributed by atoms with van der Waals surface area (Å²) in [4.78, 5) is 15.0. The van der Waals surface area contributed by atoms with Crippen molar-refractivity contribution in [1.29, 1.82) is 0 Å². The first-order valence-electron chi connectivity index (χ1n) is 9.84. The number of carbonyl (C=O) groups is 1. The first-order valence-corrected chi connectivity index (χ1v) is 9.84. The van der Waals surface area contributed by atoms with Gasteiger partial charge in [0.25, 0.3) is 0 Å². The number of ether oxygens (including phenoxy) is 1. The third kappa shape index (κ3) is 8.31. The Morgan fingerprint density at radius 1 is 1.07 bits per heavy atom. The molecule has 2 N–H and O–H groups in total. The van der Waals surface area contributed by atoms with E-state index in [1.807, 2.05) is 62.6 Å². The number of aliphatic hydroxyl groups is 1. The first kappa shape index (κ1) is 22.2.